The Hall–Kier alpha value is -2.14. The Kier molecular flexibility index (Phi) is 5.11. The van der Waals surface area contributed by atoms with Crippen molar-refractivity contribution < 1.29 is 9.59 Å². The van der Waals surface area contributed by atoms with Crippen molar-refractivity contribution in [3.05, 3.63) is 35.9 Å². The summed E-state index contributed by atoms with van der Waals surface area (Å²) in [7, 11) is 2.06. The summed E-state index contributed by atoms with van der Waals surface area (Å²) < 4.78 is 0. The second-order valence-corrected chi connectivity index (χ2v) is 5.27. The smallest absolute Gasteiger partial charge is 0.246 e. The summed E-state index contributed by atoms with van der Waals surface area (Å²) in [6.07, 6.45) is 3.41. The molecular formula is C16H21N3O2. The molecule has 112 valence electrons. The molecule has 0 aliphatic carbocycles. The van der Waals surface area contributed by atoms with Gasteiger partial charge in [0.15, 0.2) is 0 Å². The number of amides is 2. The van der Waals surface area contributed by atoms with E-state index in [1.54, 1.807) is 12.2 Å². The Morgan fingerprint density at radius 1 is 1.10 bits per heavy atom. The van der Waals surface area contributed by atoms with Gasteiger partial charge in [-0.2, -0.15) is 0 Å². The summed E-state index contributed by atoms with van der Waals surface area (Å²) in [5.41, 5.74) is 1.69. The molecular weight excluding hydrogens is 266 g/mol. The van der Waals surface area contributed by atoms with Gasteiger partial charge in [0.25, 0.3) is 0 Å². The molecule has 1 aromatic rings. The highest BCUT2D eigenvalue weighted by Crippen LogP contribution is 2.11. The number of rotatable bonds is 3. The minimum atomic E-state index is -0.0939. The van der Waals surface area contributed by atoms with Gasteiger partial charge in [0, 0.05) is 44.9 Å². The van der Waals surface area contributed by atoms with E-state index >= 15 is 0 Å². The molecule has 1 saturated heterocycles. The molecule has 2 amide bonds. The van der Waals surface area contributed by atoms with Gasteiger partial charge < -0.3 is 15.1 Å². The average Bonchev–Trinajstić information content (AvgIpc) is 2.46. The maximum atomic E-state index is 12.1. The van der Waals surface area contributed by atoms with Gasteiger partial charge in [-0.25, -0.2) is 0 Å². The molecule has 1 N–H and O–H groups in total. The number of likely N-dealkylation sites (N-methyl/N-ethyl adjacent to an activating group) is 1. The van der Waals surface area contributed by atoms with Gasteiger partial charge in [0.05, 0.1) is 0 Å². The first-order chi connectivity index (χ1) is 10.0. The lowest BCUT2D eigenvalue weighted by atomic mass is 10.2. The molecule has 1 aliphatic heterocycles. The molecule has 0 unspecified atom stereocenters. The van der Waals surface area contributed by atoms with Crippen molar-refractivity contribution >= 4 is 23.6 Å². The highest BCUT2D eigenvalue weighted by molar-refractivity contribution is 5.92. The quantitative estimate of drug-likeness (QED) is 0.856. The fourth-order valence-corrected chi connectivity index (χ4v) is 2.18. The van der Waals surface area contributed by atoms with Crippen LogP contribution in [0.15, 0.2) is 30.3 Å². The van der Waals surface area contributed by atoms with Crippen molar-refractivity contribution in [1.29, 1.82) is 0 Å². The molecule has 1 fully saturated rings. The number of piperazine rings is 1. The third-order valence-electron chi connectivity index (χ3n) is 3.46. The fraction of sp³-hybridized carbons (Fsp3) is 0.375. The van der Waals surface area contributed by atoms with Crippen LogP contribution in [-0.2, 0) is 9.59 Å². The molecule has 0 aromatic heterocycles. The monoisotopic (exact) mass is 287 g/mol. The molecule has 0 radical (unpaired) electrons. The van der Waals surface area contributed by atoms with Gasteiger partial charge in [0.2, 0.25) is 11.8 Å². The molecule has 0 saturated carbocycles. The fourth-order valence-electron chi connectivity index (χ4n) is 2.18. The highest BCUT2D eigenvalue weighted by atomic mass is 16.2. The SMILES string of the molecule is CC(=O)Nc1ccc(/C=C/C(=O)N2CCN(C)CC2)cc1. The standard InChI is InChI=1S/C16H21N3O2/c1-13(20)17-15-6-3-14(4-7-15)5-8-16(21)19-11-9-18(2)10-12-19/h3-8H,9-12H2,1-2H3,(H,17,20)/b8-5+. The Bertz CT molecular complexity index is 529. The minimum absolute atomic E-state index is 0.0500. The summed E-state index contributed by atoms with van der Waals surface area (Å²) in [6.45, 7) is 4.88. The number of hydrogen-bond donors (Lipinski definition) is 1. The summed E-state index contributed by atoms with van der Waals surface area (Å²) in [5.74, 6) is -0.0439. The van der Waals surface area contributed by atoms with Gasteiger partial charge >= 0.3 is 0 Å². The minimum Gasteiger partial charge on any atom is -0.337 e. The molecule has 0 spiro atoms. The van der Waals surface area contributed by atoms with Crippen molar-refractivity contribution in [3.8, 4) is 0 Å². The normalized spacial score (nSPS) is 16.2. The maximum absolute atomic E-state index is 12.1. The first-order valence-corrected chi connectivity index (χ1v) is 7.08. The molecule has 0 atom stereocenters. The second-order valence-electron chi connectivity index (χ2n) is 5.27. The van der Waals surface area contributed by atoms with Gasteiger partial charge in [-0.05, 0) is 30.8 Å². The Balaban J connectivity index is 1.91. The van der Waals surface area contributed by atoms with E-state index in [9.17, 15) is 9.59 Å². The van der Waals surface area contributed by atoms with E-state index < -0.39 is 0 Å². The molecule has 0 bridgehead atoms. The molecule has 2 rings (SSSR count). The topological polar surface area (TPSA) is 52.7 Å². The average molecular weight is 287 g/mol. The van der Waals surface area contributed by atoms with Gasteiger partial charge in [-0.1, -0.05) is 12.1 Å². The summed E-state index contributed by atoms with van der Waals surface area (Å²) >= 11 is 0. The van der Waals surface area contributed by atoms with Crippen LogP contribution in [0.3, 0.4) is 0 Å². The van der Waals surface area contributed by atoms with E-state index in [4.69, 9.17) is 0 Å². The second kappa shape index (κ2) is 7.04. The van der Waals surface area contributed by atoms with Crippen LogP contribution in [0.1, 0.15) is 12.5 Å². The van der Waals surface area contributed by atoms with E-state index in [1.807, 2.05) is 29.2 Å². The van der Waals surface area contributed by atoms with E-state index in [0.717, 1.165) is 37.4 Å². The van der Waals surface area contributed by atoms with Crippen LogP contribution in [0.25, 0.3) is 6.08 Å². The van der Waals surface area contributed by atoms with Crippen molar-refractivity contribution in [2.24, 2.45) is 0 Å². The zero-order valence-corrected chi connectivity index (χ0v) is 12.5. The first kappa shape index (κ1) is 15.3. The lowest BCUT2D eigenvalue weighted by Crippen LogP contribution is -2.46. The molecule has 1 heterocycles. The molecule has 5 heteroatoms. The lowest BCUT2D eigenvalue weighted by molar-refractivity contribution is -0.127. The number of benzene rings is 1. The lowest BCUT2D eigenvalue weighted by Gasteiger charge is -2.31. The Morgan fingerprint density at radius 2 is 1.71 bits per heavy atom. The van der Waals surface area contributed by atoms with Crippen LogP contribution in [0.5, 0.6) is 0 Å². The van der Waals surface area contributed by atoms with Crippen LogP contribution >= 0.6 is 0 Å². The van der Waals surface area contributed by atoms with Crippen LogP contribution in [0, 0.1) is 0 Å². The van der Waals surface area contributed by atoms with Crippen LogP contribution < -0.4 is 5.32 Å². The molecule has 5 nitrogen and oxygen atoms in total. The van der Waals surface area contributed by atoms with E-state index in [1.165, 1.54) is 6.92 Å². The summed E-state index contributed by atoms with van der Waals surface area (Å²) in [6, 6.07) is 7.39. The number of hydrogen-bond acceptors (Lipinski definition) is 3. The van der Waals surface area contributed by atoms with Gasteiger partial charge in [0.1, 0.15) is 0 Å². The van der Waals surface area contributed by atoms with E-state index in [2.05, 4.69) is 17.3 Å². The molecule has 1 aliphatic rings. The number of carbonyl (C=O) groups is 2. The summed E-state index contributed by atoms with van der Waals surface area (Å²) in [5, 5.41) is 2.71. The van der Waals surface area contributed by atoms with Crippen LogP contribution in [0.2, 0.25) is 0 Å². The Labute approximate surface area is 125 Å². The third kappa shape index (κ3) is 4.72. The van der Waals surface area contributed by atoms with Crippen molar-refractivity contribution in [2.75, 3.05) is 38.5 Å². The largest absolute Gasteiger partial charge is 0.337 e. The van der Waals surface area contributed by atoms with Crippen molar-refractivity contribution in [3.63, 3.8) is 0 Å². The summed E-state index contributed by atoms with van der Waals surface area (Å²) in [4.78, 5) is 27.1. The zero-order chi connectivity index (χ0) is 15.2. The van der Waals surface area contributed by atoms with Crippen molar-refractivity contribution in [2.45, 2.75) is 6.92 Å². The van der Waals surface area contributed by atoms with Crippen LogP contribution in [0.4, 0.5) is 5.69 Å². The Morgan fingerprint density at radius 3 is 2.29 bits per heavy atom. The van der Waals surface area contributed by atoms with Crippen molar-refractivity contribution in [1.82, 2.24) is 9.80 Å². The van der Waals surface area contributed by atoms with Gasteiger partial charge in [-0.3, -0.25) is 9.59 Å². The molecule has 1 aromatic carbocycles. The number of nitrogens with one attached hydrogen (secondary N) is 1. The predicted molar refractivity (Wildman–Crippen MR) is 83.9 cm³/mol. The maximum Gasteiger partial charge on any atom is 0.246 e. The number of anilines is 1. The van der Waals surface area contributed by atoms with Crippen LogP contribution in [-0.4, -0.2) is 54.8 Å². The van der Waals surface area contributed by atoms with E-state index in [-0.39, 0.29) is 11.8 Å². The first-order valence-electron chi connectivity index (χ1n) is 7.08. The predicted octanol–water partition coefficient (Wildman–Crippen LogP) is 1.43. The number of carbonyl (C=O) groups excluding carboxylic acids is 2. The highest BCUT2D eigenvalue weighted by Gasteiger charge is 2.16. The zero-order valence-electron chi connectivity index (χ0n) is 12.5. The van der Waals surface area contributed by atoms with E-state index in [0.29, 0.717) is 0 Å². The van der Waals surface area contributed by atoms with Gasteiger partial charge in [-0.15, -0.1) is 0 Å². The number of nitrogens with zero attached hydrogens (tertiary/aromatic N) is 2. The molecule has 21 heavy (non-hydrogen) atoms. The third-order valence-corrected chi connectivity index (χ3v) is 3.46.